The van der Waals surface area contributed by atoms with E-state index in [9.17, 15) is 13.2 Å². The van der Waals surface area contributed by atoms with Crippen LogP contribution < -0.4 is 10.5 Å². The monoisotopic (exact) mass is 219 g/mol. The minimum Gasteiger partial charge on any atom is -0.405 e. The van der Waals surface area contributed by atoms with Crippen LogP contribution in [-0.4, -0.2) is 12.9 Å². The second kappa shape index (κ2) is 4.53. The van der Waals surface area contributed by atoms with Crippen molar-refractivity contribution in [1.29, 1.82) is 0 Å². The van der Waals surface area contributed by atoms with Gasteiger partial charge in [0.1, 0.15) is 5.75 Å². The molecule has 0 aliphatic rings. The number of ether oxygens (including phenoxy) is 1. The van der Waals surface area contributed by atoms with Crippen molar-refractivity contribution in [3.05, 3.63) is 29.8 Å². The van der Waals surface area contributed by atoms with Crippen LogP contribution in [0.25, 0.3) is 0 Å². The van der Waals surface area contributed by atoms with Gasteiger partial charge in [0.15, 0.2) is 0 Å². The standard InChI is InChI=1S/C10H12F3NO/c1-7(6-14)8-4-2-3-5-9(8)15-10(11,12)13/h2-5,7H,6,14H2,1H3. The molecule has 0 saturated heterocycles. The van der Waals surface area contributed by atoms with Crippen LogP contribution in [0.1, 0.15) is 18.4 Å². The van der Waals surface area contributed by atoms with Gasteiger partial charge in [0.25, 0.3) is 0 Å². The van der Waals surface area contributed by atoms with Crippen LogP contribution in [0.4, 0.5) is 13.2 Å². The third kappa shape index (κ3) is 3.43. The lowest BCUT2D eigenvalue weighted by molar-refractivity contribution is -0.274. The Morgan fingerprint density at radius 1 is 1.33 bits per heavy atom. The molecule has 0 heterocycles. The van der Waals surface area contributed by atoms with E-state index in [2.05, 4.69) is 4.74 Å². The molecule has 0 radical (unpaired) electrons. The van der Waals surface area contributed by atoms with Gasteiger partial charge in [-0.05, 0) is 24.1 Å². The van der Waals surface area contributed by atoms with Crippen LogP contribution in [0.5, 0.6) is 5.75 Å². The summed E-state index contributed by atoms with van der Waals surface area (Å²) >= 11 is 0. The SMILES string of the molecule is CC(CN)c1ccccc1OC(F)(F)F. The fourth-order valence-electron chi connectivity index (χ4n) is 1.23. The Morgan fingerprint density at radius 2 is 1.93 bits per heavy atom. The van der Waals surface area contributed by atoms with Crippen LogP contribution in [0.2, 0.25) is 0 Å². The van der Waals surface area contributed by atoms with E-state index in [1.807, 2.05) is 0 Å². The molecule has 2 nitrogen and oxygen atoms in total. The second-order valence-corrected chi connectivity index (χ2v) is 3.22. The fraction of sp³-hybridized carbons (Fsp3) is 0.400. The predicted octanol–water partition coefficient (Wildman–Crippen LogP) is 2.65. The molecule has 5 heteroatoms. The van der Waals surface area contributed by atoms with E-state index in [4.69, 9.17) is 5.73 Å². The van der Waals surface area contributed by atoms with Crippen LogP contribution in [0, 0.1) is 0 Å². The van der Waals surface area contributed by atoms with E-state index < -0.39 is 6.36 Å². The zero-order valence-electron chi connectivity index (χ0n) is 8.21. The van der Waals surface area contributed by atoms with Gasteiger partial charge in [-0.25, -0.2) is 0 Å². The number of hydrogen-bond acceptors (Lipinski definition) is 2. The smallest absolute Gasteiger partial charge is 0.405 e. The molecule has 0 fully saturated rings. The molecule has 1 unspecified atom stereocenters. The molecule has 0 amide bonds. The van der Waals surface area contributed by atoms with Crippen molar-refractivity contribution in [2.45, 2.75) is 19.2 Å². The lowest BCUT2D eigenvalue weighted by atomic mass is 10.0. The van der Waals surface area contributed by atoms with E-state index in [1.54, 1.807) is 19.1 Å². The summed E-state index contributed by atoms with van der Waals surface area (Å²) in [6.45, 7) is 2.02. The van der Waals surface area contributed by atoms with Crippen molar-refractivity contribution in [3.8, 4) is 5.75 Å². The van der Waals surface area contributed by atoms with Crippen LogP contribution in [0.15, 0.2) is 24.3 Å². The van der Waals surface area contributed by atoms with Gasteiger partial charge < -0.3 is 10.5 Å². The average molecular weight is 219 g/mol. The van der Waals surface area contributed by atoms with Crippen molar-refractivity contribution in [1.82, 2.24) is 0 Å². The van der Waals surface area contributed by atoms with E-state index in [1.165, 1.54) is 12.1 Å². The van der Waals surface area contributed by atoms with E-state index >= 15 is 0 Å². The van der Waals surface area contributed by atoms with Gasteiger partial charge in [0, 0.05) is 0 Å². The first kappa shape index (κ1) is 11.8. The molecule has 1 atom stereocenters. The Hall–Kier alpha value is -1.23. The largest absolute Gasteiger partial charge is 0.573 e. The lowest BCUT2D eigenvalue weighted by Gasteiger charge is -2.16. The highest BCUT2D eigenvalue weighted by atomic mass is 19.4. The summed E-state index contributed by atoms with van der Waals surface area (Å²) in [6.07, 6.45) is -4.66. The maximum Gasteiger partial charge on any atom is 0.573 e. The second-order valence-electron chi connectivity index (χ2n) is 3.22. The molecule has 0 aliphatic heterocycles. The molecule has 0 aliphatic carbocycles. The van der Waals surface area contributed by atoms with Gasteiger partial charge in [0.2, 0.25) is 0 Å². The van der Waals surface area contributed by atoms with Crippen molar-refractivity contribution in [2.75, 3.05) is 6.54 Å². The lowest BCUT2D eigenvalue weighted by Crippen LogP contribution is -2.19. The summed E-state index contributed by atoms with van der Waals surface area (Å²) in [5.74, 6) is -0.341. The first-order chi connectivity index (χ1) is 6.94. The predicted molar refractivity (Wildman–Crippen MR) is 50.6 cm³/mol. The van der Waals surface area contributed by atoms with Crippen LogP contribution in [0.3, 0.4) is 0 Å². The molecule has 0 bridgehead atoms. The minimum absolute atomic E-state index is 0.163. The highest BCUT2D eigenvalue weighted by Crippen LogP contribution is 2.30. The van der Waals surface area contributed by atoms with Crippen molar-refractivity contribution in [3.63, 3.8) is 0 Å². The summed E-state index contributed by atoms with van der Waals surface area (Å²) in [6, 6.07) is 6.02. The molecule has 0 aromatic heterocycles. The Morgan fingerprint density at radius 3 is 2.47 bits per heavy atom. The fourth-order valence-corrected chi connectivity index (χ4v) is 1.23. The highest BCUT2D eigenvalue weighted by molar-refractivity contribution is 5.36. The molecule has 1 aromatic carbocycles. The van der Waals surface area contributed by atoms with E-state index in [0.29, 0.717) is 5.56 Å². The third-order valence-corrected chi connectivity index (χ3v) is 2.03. The van der Waals surface area contributed by atoms with Gasteiger partial charge >= 0.3 is 6.36 Å². The Labute approximate surface area is 85.8 Å². The number of halogens is 3. The third-order valence-electron chi connectivity index (χ3n) is 2.03. The molecule has 84 valence electrons. The minimum atomic E-state index is -4.66. The van der Waals surface area contributed by atoms with E-state index in [-0.39, 0.29) is 18.2 Å². The molecule has 2 N–H and O–H groups in total. The van der Waals surface area contributed by atoms with Gasteiger partial charge in [-0.3, -0.25) is 0 Å². The number of benzene rings is 1. The Kier molecular flexibility index (Phi) is 3.57. The molecule has 1 rings (SSSR count). The van der Waals surface area contributed by atoms with Gasteiger partial charge in [0.05, 0.1) is 0 Å². The van der Waals surface area contributed by atoms with Crippen molar-refractivity contribution in [2.24, 2.45) is 5.73 Å². The maximum absolute atomic E-state index is 12.0. The quantitative estimate of drug-likeness (QED) is 0.848. The van der Waals surface area contributed by atoms with Crippen LogP contribution in [-0.2, 0) is 0 Å². The Balaban J connectivity index is 2.96. The topological polar surface area (TPSA) is 35.2 Å². The molecule has 1 aromatic rings. The summed E-state index contributed by atoms with van der Waals surface area (Å²) < 4.78 is 40.0. The van der Waals surface area contributed by atoms with E-state index in [0.717, 1.165) is 0 Å². The Bertz CT molecular complexity index is 325. The summed E-state index contributed by atoms with van der Waals surface area (Å²) in [7, 11) is 0. The van der Waals surface area contributed by atoms with Crippen molar-refractivity contribution >= 4 is 0 Å². The van der Waals surface area contributed by atoms with Gasteiger partial charge in [-0.1, -0.05) is 25.1 Å². The zero-order valence-corrected chi connectivity index (χ0v) is 8.21. The van der Waals surface area contributed by atoms with Gasteiger partial charge in [-0.15, -0.1) is 13.2 Å². The number of para-hydroxylation sites is 1. The molecule has 0 spiro atoms. The number of alkyl halides is 3. The summed E-state index contributed by atoms with van der Waals surface area (Å²) in [4.78, 5) is 0. The molecular formula is C10H12F3NO. The van der Waals surface area contributed by atoms with Crippen molar-refractivity contribution < 1.29 is 17.9 Å². The number of rotatable bonds is 3. The van der Waals surface area contributed by atoms with Crippen LogP contribution >= 0.6 is 0 Å². The highest BCUT2D eigenvalue weighted by Gasteiger charge is 2.32. The molecule has 0 saturated carbocycles. The maximum atomic E-state index is 12.0. The normalized spacial score (nSPS) is 13.7. The van der Waals surface area contributed by atoms with Gasteiger partial charge in [-0.2, -0.15) is 0 Å². The number of nitrogens with two attached hydrogens (primary N) is 1. The zero-order chi connectivity index (χ0) is 11.5. The molecule has 15 heavy (non-hydrogen) atoms. The first-order valence-electron chi connectivity index (χ1n) is 4.49. The molecular weight excluding hydrogens is 207 g/mol. The number of hydrogen-bond donors (Lipinski definition) is 1. The first-order valence-corrected chi connectivity index (χ1v) is 4.49. The average Bonchev–Trinajstić information content (AvgIpc) is 2.15. The summed E-state index contributed by atoms with van der Waals surface area (Å²) in [5, 5.41) is 0. The summed E-state index contributed by atoms with van der Waals surface area (Å²) in [5.41, 5.74) is 5.87.